The molecule has 1 aliphatic rings. The van der Waals surface area contributed by atoms with Crippen LogP contribution in [0.5, 0.6) is 0 Å². The molecular formula is C18H37NO. The lowest BCUT2D eigenvalue weighted by Crippen LogP contribution is -2.48. The van der Waals surface area contributed by atoms with Crippen molar-refractivity contribution in [3.63, 3.8) is 0 Å². The van der Waals surface area contributed by atoms with Gasteiger partial charge in [-0.05, 0) is 48.9 Å². The van der Waals surface area contributed by atoms with Crippen LogP contribution in [-0.2, 0) is 0 Å². The normalized spacial score (nSPS) is 26.6. The lowest BCUT2D eigenvalue weighted by Gasteiger charge is -2.41. The van der Waals surface area contributed by atoms with E-state index in [1.165, 1.54) is 32.1 Å². The van der Waals surface area contributed by atoms with Gasteiger partial charge in [-0.15, -0.1) is 0 Å². The highest BCUT2D eigenvalue weighted by atomic mass is 16.3. The molecule has 0 aromatic rings. The number of aliphatic hydroxyl groups excluding tert-OH is 1. The first-order chi connectivity index (χ1) is 9.20. The Labute approximate surface area is 126 Å². The van der Waals surface area contributed by atoms with E-state index in [1.54, 1.807) is 0 Å². The molecule has 1 aliphatic carbocycles. The van der Waals surface area contributed by atoms with Crippen LogP contribution in [-0.4, -0.2) is 23.8 Å². The minimum absolute atomic E-state index is 0.224. The third-order valence-corrected chi connectivity index (χ3v) is 5.64. The molecular weight excluding hydrogens is 246 g/mol. The summed E-state index contributed by atoms with van der Waals surface area (Å²) in [6.07, 6.45) is 7.45. The molecule has 0 saturated heterocycles. The number of aliphatic hydroxyl groups is 1. The Hall–Kier alpha value is -0.0800. The van der Waals surface area contributed by atoms with Crippen molar-refractivity contribution < 1.29 is 5.11 Å². The van der Waals surface area contributed by atoms with E-state index in [-0.39, 0.29) is 12.0 Å². The van der Waals surface area contributed by atoms with Crippen LogP contribution in [0.4, 0.5) is 0 Å². The Morgan fingerprint density at radius 1 is 1.05 bits per heavy atom. The van der Waals surface area contributed by atoms with Crippen molar-refractivity contribution in [1.82, 2.24) is 5.32 Å². The first kappa shape index (κ1) is 18.0. The van der Waals surface area contributed by atoms with Crippen molar-refractivity contribution in [2.24, 2.45) is 16.7 Å². The first-order valence-electron chi connectivity index (χ1n) is 8.57. The van der Waals surface area contributed by atoms with Crippen LogP contribution in [0.3, 0.4) is 0 Å². The number of nitrogens with one attached hydrogen (secondary N) is 1. The number of hydrogen-bond donors (Lipinski definition) is 2. The first-order valence-corrected chi connectivity index (χ1v) is 8.57. The van der Waals surface area contributed by atoms with Crippen LogP contribution in [0.15, 0.2) is 0 Å². The summed E-state index contributed by atoms with van der Waals surface area (Å²) in [7, 11) is 0. The average molecular weight is 284 g/mol. The molecule has 2 nitrogen and oxygen atoms in total. The molecule has 0 bridgehead atoms. The predicted molar refractivity (Wildman–Crippen MR) is 87.9 cm³/mol. The van der Waals surface area contributed by atoms with E-state index in [2.05, 4.69) is 46.9 Å². The molecule has 1 saturated carbocycles. The van der Waals surface area contributed by atoms with Crippen LogP contribution in [0.25, 0.3) is 0 Å². The zero-order valence-electron chi connectivity index (χ0n) is 14.6. The summed E-state index contributed by atoms with van der Waals surface area (Å²) in [5.41, 5.74) is 0.724. The Balaban J connectivity index is 2.49. The van der Waals surface area contributed by atoms with Crippen molar-refractivity contribution in [3.8, 4) is 0 Å². The molecule has 0 radical (unpaired) electrons. The van der Waals surface area contributed by atoms with Gasteiger partial charge in [0.1, 0.15) is 0 Å². The molecule has 1 unspecified atom stereocenters. The maximum atomic E-state index is 9.27. The van der Waals surface area contributed by atoms with Crippen molar-refractivity contribution in [2.45, 2.75) is 92.2 Å². The van der Waals surface area contributed by atoms with Gasteiger partial charge in [-0.1, -0.05) is 48.0 Å². The second-order valence-corrected chi connectivity index (χ2v) is 8.49. The zero-order valence-corrected chi connectivity index (χ0v) is 14.6. The van der Waals surface area contributed by atoms with Gasteiger partial charge >= 0.3 is 0 Å². The summed E-state index contributed by atoms with van der Waals surface area (Å²) >= 11 is 0. The SMILES string of the molecule is CCC(C)(C)C1CCC(NC(CCO)C(C)(C)C)CC1. The molecule has 0 heterocycles. The van der Waals surface area contributed by atoms with Gasteiger partial charge < -0.3 is 10.4 Å². The fourth-order valence-electron chi connectivity index (χ4n) is 3.51. The van der Waals surface area contributed by atoms with Gasteiger partial charge in [0.25, 0.3) is 0 Å². The van der Waals surface area contributed by atoms with Gasteiger partial charge in [0, 0.05) is 18.7 Å². The molecule has 0 aliphatic heterocycles. The summed E-state index contributed by atoms with van der Waals surface area (Å²) in [6.45, 7) is 14.3. The quantitative estimate of drug-likeness (QED) is 0.758. The monoisotopic (exact) mass is 283 g/mol. The minimum atomic E-state index is 0.224. The second-order valence-electron chi connectivity index (χ2n) is 8.49. The summed E-state index contributed by atoms with van der Waals surface area (Å²) in [4.78, 5) is 0. The van der Waals surface area contributed by atoms with E-state index >= 15 is 0 Å². The fraction of sp³-hybridized carbons (Fsp3) is 1.00. The Kier molecular flexibility index (Phi) is 6.53. The third kappa shape index (κ3) is 5.04. The summed E-state index contributed by atoms with van der Waals surface area (Å²) in [6, 6.07) is 1.07. The molecule has 120 valence electrons. The molecule has 2 heteroatoms. The number of rotatable bonds is 6. The lowest BCUT2D eigenvalue weighted by atomic mass is 9.68. The molecule has 1 rings (SSSR count). The summed E-state index contributed by atoms with van der Waals surface area (Å²) in [5, 5.41) is 13.1. The van der Waals surface area contributed by atoms with Crippen LogP contribution < -0.4 is 5.32 Å². The van der Waals surface area contributed by atoms with Crippen molar-refractivity contribution in [2.75, 3.05) is 6.61 Å². The highest BCUT2D eigenvalue weighted by Crippen LogP contribution is 2.40. The van der Waals surface area contributed by atoms with Crippen LogP contribution in [0.2, 0.25) is 0 Å². The van der Waals surface area contributed by atoms with Crippen molar-refractivity contribution in [1.29, 1.82) is 0 Å². The highest BCUT2D eigenvalue weighted by molar-refractivity contribution is 4.89. The molecule has 2 N–H and O–H groups in total. The molecule has 0 aromatic heterocycles. The van der Waals surface area contributed by atoms with Crippen molar-refractivity contribution >= 4 is 0 Å². The molecule has 0 spiro atoms. The lowest BCUT2D eigenvalue weighted by molar-refractivity contribution is 0.118. The highest BCUT2D eigenvalue weighted by Gasteiger charge is 2.33. The zero-order chi connectivity index (χ0) is 15.4. The Morgan fingerprint density at radius 2 is 1.60 bits per heavy atom. The molecule has 1 atom stereocenters. The third-order valence-electron chi connectivity index (χ3n) is 5.64. The van der Waals surface area contributed by atoms with E-state index in [0.29, 0.717) is 17.5 Å². The topological polar surface area (TPSA) is 32.3 Å². The van der Waals surface area contributed by atoms with Crippen LogP contribution in [0.1, 0.15) is 80.1 Å². The van der Waals surface area contributed by atoms with Gasteiger partial charge in [-0.2, -0.15) is 0 Å². The Bertz CT molecular complexity index is 272. The maximum Gasteiger partial charge on any atom is 0.0446 e. The van der Waals surface area contributed by atoms with Crippen molar-refractivity contribution in [3.05, 3.63) is 0 Å². The summed E-state index contributed by atoms with van der Waals surface area (Å²) in [5.74, 6) is 0.886. The van der Waals surface area contributed by atoms with Gasteiger partial charge in [0.2, 0.25) is 0 Å². The molecule has 0 aromatic carbocycles. The van der Waals surface area contributed by atoms with E-state index in [4.69, 9.17) is 0 Å². The van der Waals surface area contributed by atoms with Gasteiger partial charge in [-0.3, -0.25) is 0 Å². The predicted octanol–water partition coefficient (Wildman–Crippen LogP) is 4.37. The van der Waals surface area contributed by atoms with E-state index in [0.717, 1.165) is 12.3 Å². The Morgan fingerprint density at radius 3 is 2.00 bits per heavy atom. The van der Waals surface area contributed by atoms with E-state index in [1.807, 2.05) is 0 Å². The van der Waals surface area contributed by atoms with Gasteiger partial charge in [-0.25, -0.2) is 0 Å². The molecule has 0 amide bonds. The van der Waals surface area contributed by atoms with Gasteiger partial charge in [0.05, 0.1) is 0 Å². The molecule has 1 fully saturated rings. The number of hydrogen-bond acceptors (Lipinski definition) is 2. The maximum absolute atomic E-state index is 9.27. The summed E-state index contributed by atoms with van der Waals surface area (Å²) < 4.78 is 0. The standard InChI is InChI=1S/C18H37NO/c1-7-18(5,6)14-8-10-15(11-9-14)19-16(12-13-20)17(2,3)4/h14-16,19-20H,7-13H2,1-6H3. The second kappa shape index (κ2) is 7.26. The van der Waals surface area contributed by atoms with E-state index in [9.17, 15) is 5.11 Å². The largest absolute Gasteiger partial charge is 0.396 e. The average Bonchev–Trinajstić information content (AvgIpc) is 2.38. The fourth-order valence-corrected chi connectivity index (χ4v) is 3.51. The van der Waals surface area contributed by atoms with Crippen LogP contribution >= 0.6 is 0 Å². The van der Waals surface area contributed by atoms with Crippen LogP contribution in [0, 0.1) is 16.7 Å². The van der Waals surface area contributed by atoms with Gasteiger partial charge in [0.15, 0.2) is 0 Å². The van der Waals surface area contributed by atoms with E-state index < -0.39 is 0 Å². The molecule has 20 heavy (non-hydrogen) atoms. The minimum Gasteiger partial charge on any atom is -0.396 e. The smallest absolute Gasteiger partial charge is 0.0446 e.